The Morgan fingerprint density at radius 1 is 0.882 bits per heavy atom. The smallest absolute Gasteiger partial charge is 0.291 e. The molecule has 8 nitrogen and oxygen atoms in total. The minimum atomic E-state index is -0.557. The van der Waals surface area contributed by atoms with Crippen molar-refractivity contribution in [1.82, 2.24) is 0 Å². The van der Waals surface area contributed by atoms with Gasteiger partial charge in [0.2, 0.25) is 0 Å². The number of rotatable bonds is 7. The topological polar surface area (TPSA) is 114 Å². The number of furan rings is 1. The van der Waals surface area contributed by atoms with Gasteiger partial charge in [-0.05, 0) is 60.7 Å². The van der Waals surface area contributed by atoms with Crippen molar-refractivity contribution in [2.75, 3.05) is 10.6 Å². The Hall–Kier alpha value is -4.08. The number of hydrogen-bond acceptors (Lipinski definition) is 6. The maximum Gasteiger partial charge on any atom is 0.291 e. The molecular formula is C24H16ClN3O5S. The molecule has 0 aliphatic heterocycles. The second kappa shape index (κ2) is 10.2. The van der Waals surface area contributed by atoms with Crippen LogP contribution in [0, 0.1) is 10.1 Å². The number of nitro groups is 1. The van der Waals surface area contributed by atoms with Crippen molar-refractivity contribution in [2.45, 2.75) is 9.79 Å². The lowest BCUT2D eigenvalue weighted by Crippen LogP contribution is -2.14. The summed E-state index contributed by atoms with van der Waals surface area (Å²) in [7, 11) is 0. The molecule has 0 spiro atoms. The number of carbonyl (C=O) groups excluding carboxylic acids is 2. The van der Waals surface area contributed by atoms with E-state index in [1.165, 1.54) is 42.3 Å². The number of hydrogen-bond donors (Lipinski definition) is 2. The summed E-state index contributed by atoms with van der Waals surface area (Å²) >= 11 is 7.22. The standard InChI is InChI=1S/C24H16ClN3O5S/c25-15-6-9-19(10-7-15)34-22-11-8-18(28(31)32)14-20(22)23(29)26-16-3-1-4-17(13-16)27-24(30)21-5-2-12-33-21/h1-14H,(H,26,29)(H,27,30). The molecule has 1 aromatic heterocycles. The quantitative estimate of drug-likeness (QED) is 0.224. The fourth-order valence-corrected chi connectivity index (χ4v) is 4.05. The van der Waals surface area contributed by atoms with Gasteiger partial charge in [0, 0.05) is 38.3 Å². The van der Waals surface area contributed by atoms with Crippen LogP contribution in [0.1, 0.15) is 20.9 Å². The van der Waals surface area contributed by atoms with E-state index in [9.17, 15) is 19.7 Å². The van der Waals surface area contributed by atoms with E-state index < -0.39 is 16.7 Å². The zero-order valence-electron chi connectivity index (χ0n) is 17.4. The van der Waals surface area contributed by atoms with Gasteiger partial charge in [0.15, 0.2) is 5.76 Å². The fraction of sp³-hybridized carbons (Fsp3) is 0. The highest BCUT2D eigenvalue weighted by atomic mass is 35.5. The molecular weight excluding hydrogens is 478 g/mol. The van der Waals surface area contributed by atoms with E-state index in [-0.39, 0.29) is 17.0 Å². The van der Waals surface area contributed by atoms with Gasteiger partial charge in [0.05, 0.1) is 16.7 Å². The number of nitro benzene ring substituents is 1. The van der Waals surface area contributed by atoms with E-state index in [0.717, 1.165) is 4.90 Å². The zero-order valence-corrected chi connectivity index (χ0v) is 18.9. The van der Waals surface area contributed by atoms with Crippen LogP contribution in [-0.4, -0.2) is 16.7 Å². The number of anilines is 2. The molecule has 4 rings (SSSR count). The van der Waals surface area contributed by atoms with Crippen LogP contribution < -0.4 is 10.6 Å². The van der Waals surface area contributed by atoms with E-state index in [0.29, 0.717) is 21.3 Å². The summed E-state index contributed by atoms with van der Waals surface area (Å²) < 4.78 is 5.07. The maximum atomic E-state index is 13.1. The SMILES string of the molecule is O=C(Nc1cccc(NC(=O)c2cc([N+](=O)[O-])ccc2Sc2ccc(Cl)cc2)c1)c1ccco1. The molecule has 34 heavy (non-hydrogen) atoms. The molecule has 2 N–H and O–H groups in total. The predicted molar refractivity (Wildman–Crippen MR) is 130 cm³/mol. The van der Waals surface area contributed by atoms with Gasteiger partial charge in [-0.3, -0.25) is 19.7 Å². The first-order valence-corrected chi connectivity index (χ1v) is 11.1. The molecule has 0 aliphatic rings. The lowest BCUT2D eigenvalue weighted by Gasteiger charge is -2.11. The van der Waals surface area contributed by atoms with E-state index in [1.54, 1.807) is 54.6 Å². The molecule has 0 fully saturated rings. The van der Waals surface area contributed by atoms with Gasteiger partial charge in [0.1, 0.15) is 0 Å². The molecule has 0 atom stereocenters. The van der Waals surface area contributed by atoms with Crippen LogP contribution in [0.25, 0.3) is 0 Å². The highest BCUT2D eigenvalue weighted by molar-refractivity contribution is 7.99. The molecule has 0 radical (unpaired) electrons. The summed E-state index contributed by atoms with van der Waals surface area (Å²) in [5, 5.41) is 17.3. The van der Waals surface area contributed by atoms with Gasteiger partial charge in [-0.2, -0.15) is 0 Å². The van der Waals surface area contributed by atoms with Crippen LogP contribution in [0.4, 0.5) is 17.1 Å². The lowest BCUT2D eigenvalue weighted by atomic mass is 10.1. The first-order chi connectivity index (χ1) is 16.4. The minimum Gasteiger partial charge on any atom is -0.459 e. The summed E-state index contributed by atoms with van der Waals surface area (Å²) in [6.45, 7) is 0. The molecule has 0 aliphatic carbocycles. The molecule has 1 heterocycles. The molecule has 0 saturated heterocycles. The van der Waals surface area contributed by atoms with Gasteiger partial charge in [-0.15, -0.1) is 0 Å². The highest BCUT2D eigenvalue weighted by Gasteiger charge is 2.18. The summed E-state index contributed by atoms with van der Waals surface area (Å²) in [5.41, 5.74) is 0.773. The second-order valence-electron chi connectivity index (χ2n) is 6.96. The third-order valence-electron chi connectivity index (χ3n) is 4.58. The molecule has 0 saturated carbocycles. The van der Waals surface area contributed by atoms with Crippen molar-refractivity contribution in [3.05, 3.63) is 112 Å². The first kappa shape index (κ1) is 23.1. The van der Waals surface area contributed by atoms with Crippen LogP contribution in [0.2, 0.25) is 5.02 Å². The first-order valence-electron chi connectivity index (χ1n) is 9.87. The number of non-ortho nitro benzene ring substituents is 1. The van der Waals surface area contributed by atoms with Crippen molar-refractivity contribution in [3.63, 3.8) is 0 Å². The Labute approximate surface area is 203 Å². The fourth-order valence-electron chi connectivity index (χ4n) is 3.00. The number of nitrogens with zero attached hydrogens (tertiary/aromatic N) is 1. The zero-order chi connectivity index (χ0) is 24.1. The van der Waals surface area contributed by atoms with E-state index >= 15 is 0 Å². The average Bonchev–Trinajstić information content (AvgIpc) is 3.36. The highest BCUT2D eigenvalue weighted by Crippen LogP contribution is 2.33. The minimum absolute atomic E-state index is 0.138. The van der Waals surface area contributed by atoms with Crippen molar-refractivity contribution in [1.29, 1.82) is 0 Å². The van der Waals surface area contributed by atoms with Crippen LogP contribution in [0.3, 0.4) is 0 Å². The molecule has 4 aromatic rings. The number of nitrogens with one attached hydrogen (secondary N) is 2. The van der Waals surface area contributed by atoms with Crippen molar-refractivity contribution in [2.24, 2.45) is 0 Å². The summed E-state index contributed by atoms with van der Waals surface area (Å²) in [6, 6.07) is 20.8. The maximum absolute atomic E-state index is 13.1. The van der Waals surface area contributed by atoms with Crippen LogP contribution in [-0.2, 0) is 0 Å². The van der Waals surface area contributed by atoms with Gasteiger partial charge >= 0.3 is 0 Å². The monoisotopic (exact) mass is 493 g/mol. The number of halogens is 1. The molecule has 0 bridgehead atoms. The average molecular weight is 494 g/mol. The Bertz CT molecular complexity index is 1360. The second-order valence-corrected chi connectivity index (χ2v) is 8.51. The van der Waals surface area contributed by atoms with E-state index in [4.69, 9.17) is 16.0 Å². The van der Waals surface area contributed by atoms with Gasteiger partial charge in [-0.1, -0.05) is 29.4 Å². The Balaban J connectivity index is 1.57. The van der Waals surface area contributed by atoms with Crippen LogP contribution in [0.15, 0.2) is 99.3 Å². The summed E-state index contributed by atoms with van der Waals surface area (Å²) in [6.07, 6.45) is 1.39. The van der Waals surface area contributed by atoms with Gasteiger partial charge in [-0.25, -0.2) is 0 Å². The van der Waals surface area contributed by atoms with Crippen molar-refractivity contribution < 1.29 is 18.9 Å². The van der Waals surface area contributed by atoms with Gasteiger partial charge in [0.25, 0.3) is 17.5 Å². The van der Waals surface area contributed by atoms with Crippen molar-refractivity contribution in [3.8, 4) is 0 Å². The third-order valence-corrected chi connectivity index (χ3v) is 5.92. The number of benzene rings is 3. The molecule has 170 valence electrons. The third kappa shape index (κ3) is 5.64. The number of carbonyl (C=O) groups is 2. The Kier molecular flexibility index (Phi) is 6.95. The Morgan fingerprint density at radius 2 is 1.59 bits per heavy atom. The van der Waals surface area contributed by atoms with Gasteiger partial charge < -0.3 is 15.1 Å². The van der Waals surface area contributed by atoms with Crippen LogP contribution >= 0.6 is 23.4 Å². The molecule has 0 unspecified atom stereocenters. The van der Waals surface area contributed by atoms with Crippen molar-refractivity contribution >= 4 is 52.2 Å². The molecule has 2 amide bonds. The summed E-state index contributed by atoms with van der Waals surface area (Å²) in [5.74, 6) is -0.821. The van der Waals surface area contributed by atoms with E-state index in [2.05, 4.69) is 10.6 Å². The normalized spacial score (nSPS) is 10.5. The van der Waals surface area contributed by atoms with E-state index in [1.807, 2.05) is 0 Å². The predicted octanol–water partition coefficient (Wildman–Crippen LogP) is 6.50. The molecule has 3 aromatic carbocycles. The largest absolute Gasteiger partial charge is 0.459 e. The molecule has 10 heteroatoms. The Morgan fingerprint density at radius 3 is 2.24 bits per heavy atom. The summed E-state index contributed by atoms with van der Waals surface area (Å²) in [4.78, 5) is 37.4. The lowest BCUT2D eigenvalue weighted by molar-refractivity contribution is -0.384. The number of amides is 2. The van der Waals surface area contributed by atoms with Crippen LogP contribution in [0.5, 0.6) is 0 Å².